The highest BCUT2D eigenvalue weighted by atomic mass is 19.4. The molecule has 0 aliphatic rings. The molecule has 0 heterocycles. The van der Waals surface area contributed by atoms with Crippen LogP contribution in [0.2, 0.25) is 0 Å². The van der Waals surface area contributed by atoms with Crippen molar-refractivity contribution in [2.24, 2.45) is 0 Å². The van der Waals surface area contributed by atoms with Crippen molar-refractivity contribution < 1.29 is 36.6 Å². The summed E-state index contributed by atoms with van der Waals surface area (Å²) >= 11 is 0. The van der Waals surface area contributed by atoms with Gasteiger partial charge in [-0.2, -0.15) is 22.0 Å². The van der Waals surface area contributed by atoms with Crippen LogP contribution in [0.25, 0.3) is 0 Å². The summed E-state index contributed by atoms with van der Waals surface area (Å²) in [6.45, 7) is -1.39. The van der Waals surface area contributed by atoms with Gasteiger partial charge in [0, 0.05) is 0 Å². The molecule has 0 aliphatic carbocycles. The van der Waals surface area contributed by atoms with Gasteiger partial charge in [0.15, 0.2) is 0 Å². The number of anilines is 2. The Bertz CT molecular complexity index is 559. The zero-order valence-electron chi connectivity index (χ0n) is 10.2. The predicted molar refractivity (Wildman–Crippen MR) is 61.8 cm³/mol. The number of benzene rings is 1. The standard InChI is InChI=1S/C11H9F5N2O3/c12-10(13,11(14,15)16)9(21)18(5-8(19)20)7-4-2-1-3-6(7)17/h1-4H,5,17H2,(H,19,20). The Morgan fingerprint density at radius 1 is 1.14 bits per heavy atom. The number of alkyl halides is 5. The molecule has 1 amide bonds. The number of nitrogen functional groups attached to an aromatic ring is 1. The summed E-state index contributed by atoms with van der Waals surface area (Å²) in [5, 5.41) is 8.59. The van der Waals surface area contributed by atoms with Crippen LogP contribution in [-0.4, -0.2) is 35.6 Å². The molecule has 1 rings (SSSR count). The number of nitrogens with zero attached hydrogens (tertiary/aromatic N) is 1. The monoisotopic (exact) mass is 312 g/mol. The third-order valence-electron chi connectivity index (χ3n) is 2.39. The van der Waals surface area contributed by atoms with Crippen LogP contribution in [-0.2, 0) is 9.59 Å². The fourth-order valence-electron chi connectivity index (χ4n) is 1.43. The third kappa shape index (κ3) is 3.38. The largest absolute Gasteiger partial charge is 0.480 e. The first-order valence-corrected chi connectivity index (χ1v) is 5.31. The highest BCUT2D eigenvalue weighted by molar-refractivity contribution is 6.03. The number of amides is 1. The summed E-state index contributed by atoms with van der Waals surface area (Å²) in [5.74, 6) is -10.2. The van der Waals surface area contributed by atoms with Crippen molar-refractivity contribution in [3.05, 3.63) is 24.3 Å². The average molecular weight is 312 g/mol. The second-order valence-electron chi connectivity index (χ2n) is 3.92. The first-order chi connectivity index (χ1) is 9.48. The minimum Gasteiger partial charge on any atom is -0.480 e. The van der Waals surface area contributed by atoms with Crippen LogP contribution in [0.1, 0.15) is 0 Å². The van der Waals surface area contributed by atoms with Crippen molar-refractivity contribution in [1.29, 1.82) is 0 Å². The molecule has 1 aromatic carbocycles. The lowest BCUT2D eigenvalue weighted by Crippen LogP contribution is -2.53. The van der Waals surface area contributed by atoms with Crippen molar-refractivity contribution in [3.8, 4) is 0 Å². The molecule has 0 saturated heterocycles. The lowest BCUT2D eigenvalue weighted by atomic mass is 10.2. The van der Waals surface area contributed by atoms with Gasteiger partial charge in [0.2, 0.25) is 0 Å². The molecule has 0 unspecified atom stereocenters. The molecule has 0 atom stereocenters. The minimum absolute atomic E-state index is 0.217. The Kier molecular flexibility index (Phi) is 4.40. The Labute approximate surface area is 114 Å². The zero-order valence-corrected chi connectivity index (χ0v) is 10.2. The normalized spacial score (nSPS) is 12.0. The lowest BCUT2D eigenvalue weighted by molar-refractivity contribution is -0.268. The van der Waals surface area contributed by atoms with Gasteiger partial charge in [-0.15, -0.1) is 0 Å². The van der Waals surface area contributed by atoms with E-state index < -0.39 is 36.2 Å². The maximum Gasteiger partial charge on any atom is 0.463 e. The van der Waals surface area contributed by atoms with Crippen molar-refractivity contribution in [3.63, 3.8) is 0 Å². The summed E-state index contributed by atoms with van der Waals surface area (Å²) in [5.41, 5.74) is 4.51. The fourth-order valence-corrected chi connectivity index (χ4v) is 1.43. The van der Waals surface area contributed by atoms with Gasteiger partial charge in [0.25, 0.3) is 0 Å². The van der Waals surface area contributed by atoms with Gasteiger partial charge < -0.3 is 10.8 Å². The number of carbonyl (C=O) groups excluding carboxylic acids is 1. The number of carboxylic acid groups (broad SMARTS) is 1. The quantitative estimate of drug-likeness (QED) is 0.657. The van der Waals surface area contributed by atoms with Gasteiger partial charge in [-0.3, -0.25) is 14.5 Å². The van der Waals surface area contributed by atoms with E-state index >= 15 is 0 Å². The summed E-state index contributed by atoms with van der Waals surface area (Å²) in [7, 11) is 0. The molecule has 10 heteroatoms. The average Bonchev–Trinajstić information content (AvgIpc) is 2.34. The van der Waals surface area contributed by atoms with E-state index in [-0.39, 0.29) is 10.6 Å². The van der Waals surface area contributed by atoms with E-state index in [0.717, 1.165) is 12.1 Å². The maximum atomic E-state index is 13.1. The second-order valence-corrected chi connectivity index (χ2v) is 3.92. The zero-order chi connectivity index (χ0) is 16.4. The van der Waals surface area contributed by atoms with Gasteiger partial charge in [-0.05, 0) is 12.1 Å². The fraction of sp³-hybridized carbons (Fsp3) is 0.273. The number of para-hydroxylation sites is 2. The molecule has 21 heavy (non-hydrogen) atoms. The SMILES string of the molecule is Nc1ccccc1N(CC(=O)O)C(=O)C(F)(F)C(F)(F)F. The molecule has 0 radical (unpaired) electrons. The Morgan fingerprint density at radius 3 is 2.10 bits per heavy atom. The van der Waals surface area contributed by atoms with Crippen LogP contribution in [0.3, 0.4) is 0 Å². The number of rotatable bonds is 4. The van der Waals surface area contributed by atoms with Gasteiger partial charge in [0.1, 0.15) is 6.54 Å². The van der Waals surface area contributed by atoms with Crippen molar-refractivity contribution in [2.45, 2.75) is 12.1 Å². The molecule has 0 aromatic heterocycles. The van der Waals surface area contributed by atoms with Crippen LogP contribution in [0.5, 0.6) is 0 Å². The van der Waals surface area contributed by atoms with E-state index in [4.69, 9.17) is 10.8 Å². The van der Waals surface area contributed by atoms with Gasteiger partial charge in [-0.25, -0.2) is 0 Å². The molecule has 0 fully saturated rings. The summed E-state index contributed by atoms with van der Waals surface area (Å²) in [4.78, 5) is 21.8. The number of nitrogens with two attached hydrogens (primary N) is 1. The molecule has 0 bridgehead atoms. The third-order valence-corrected chi connectivity index (χ3v) is 2.39. The number of carbonyl (C=O) groups is 2. The molecule has 3 N–H and O–H groups in total. The molecule has 1 aromatic rings. The van der Waals surface area contributed by atoms with E-state index in [1.54, 1.807) is 0 Å². The smallest absolute Gasteiger partial charge is 0.463 e. The molecule has 0 aliphatic heterocycles. The van der Waals surface area contributed by atoms with Crippen LogP contribution in [0.15, 0.2) is 24.3 Å². The summed E-state index contributed by atoms with van der Waals surface area (Å²) < 4.78 is 62.8. The van der Waals surface area contributed by atoms with Gasteiger partial charge in [0.05, 0.1) is 11.4 Å². The number of halogens is 5. The molecular weight excluding hydrogens is 303 g/mol. The lowest BCUT2D eigenvalue weighted by Gasteiger charge is -2.27. The molecule has 0 spiro atoms. The van der Waals surface area contributed by atoms with E-state index in [2.05, 4.69) is 0 Å². The summed E-state index contributed by atoms with van der Waals surface area (Å²) in [6, 6.07) is 4.63. The van der Waals surface area contributed by atoms with Crippen LogP contribution in [0, 0.1) is 0 Å². The number of hydrogen-bond acceptors (Lipinski definition) is 3. The predicted octanol–water partition coefficient (Wildman–Crippen LogP) is 1.88. The summed E-state index contributed by atoms with van der Waals surface area (Å²) in [6.07, 6.45) is -6.15. The topological polar surface area (TPSA) is 83.6 Å². The van der Waals surface area contributed by atoms with Crippen molar-refractivity contribution >= 4 is 23.3 Å². The number of carboxylic acids is 1. The van der Waals surface area contributed by atoms with Crippen LogP contribution in [0.4, 0.5) is 33.3 Å². The van der Waals surface area contributed by atoms with E-state index in [9.17, 15) is 31.5 Å². The Balaban J connectivity index is 3.31. The molecule has 116 valence electrons. The Morgan fingerprint density at radius 2 is 1.67 bits per heavy atom. The number of hydrogen-bond donors (Lipinski definition) is 2. The second kappa shape index (κ2) is 5.54. The first-order valence-electron chi connectivity index (χ1n) is 5.31. The van der Waals surface area contributed by atoms with Gasteiger partial charge >= 0.3 is 24.0 Å². The molecule has 0 saturated carbocycles. The van der Waals surface area contributed by atoms with E-state index in [1.807, 2.05) is 0 Å². The Hall–Kier alpha value is -2.39. The highest BCUT2D eigenvalue weighted by Crippen LogP contribution is 2.38. The van der Waals surface area contributed by atoms with E-state index in [1.165, 1.54) is 12.1 Å². The van der Waals surface area contributed by atoms with Crippen molar-refractivity contribution in [1.82, 2.24) is 0 Å². The van der Waals surface area contributed by atoms with Crippen LogP contribution < -0.4 is 10.6 Å². The molecular formula is C11H9F5N2O3. The highest BCUT2D eigenvalue weighted by Gasteiger charge is 2.65. The van der Waals surface area contributed by atoms with Gasteiger partial charge in [-0.1, -0.05) is 12.1 Å². The first kappa shape index (κ1) is 16.7. The van der Waals surface area contributed by atoms with Crippen LogP contribution >= 0.6 is 0 Å². The maximum absolute atomic E-state index is 13.1. The van der Waals surface area contributed by atoms with Crippen molar-refractivity contribution in [2.75, 3.05) is 17.2 Å². The number of aliphatic carboxylic acids is 1. The molecule has 5 nitrogen and oxygen atoms in total. The van der Waals surface area contributed by atoms with E-state index in [0.29, 0.717) is 0 Å². The minimum atomic E-state index is -6.15.